The van der Waals surface area contributed by atoms with E-state index in [-0.39, 0.29) is 0 Å². The molecule has 2 saturated heterocycles. The van der Waals surface area contributed by atoms with E-state index in [1.165, 1.54) is 32.7 Å². The summed E-state index contributed by atoms with van der Waals surface area (Å²) in [5, 5.41) is 3.51. The summed E-state index contributed by atoms with van der Waals surface area (Å²) in [6.07, 6.45) is 0. The molecular weight excluding hydrogens is 190 g/mol. The highest BCUT2D eigenvalue weighted by atomic mass is 16.5. The fourth-order valence-corrected chi connectivity index (χ4v) is 2.34. The average molecular weight is 213 g/mol. The van der Waals surface area contributed by atoms with Crippen LogP contribution >= 0.6 is 0 Å². The van der Waals surface area contributed by atoms with Crippen LogP contribution in [0, 0.1) is 0 Å². The second kappa shape index (κ2) is 5.80. The molecule has 0 radical (unpaired) electrons. The van der Waals surface area contributed by atoms with Crippen molar-refractivity contribution in [3.63, 3.8) is 0 Å². The van der Waals surface area contributed by atoms with Gasteiger partial charge in [0.1, 0.15) is 0 Å². The summed E-state index contributed by atoms with van der Waals surface area (Å²) in [6.45, 7) is 12.2. The van der Waals surface area contributed by atoms with Gasteiger partial charge < -0.3 is 15.0 Å². The van der Waals surface area contributed by atoms with E-state index in [2.05, 4.69) is 22.0 Å². The molecule has 0 spiro atoms. The summed E-state index contributed by atoms with van der Waals surface area (Å²) in [6, 6.07) is 0.548. The van der Waals surface area contributed by atoms with Gasteiger partial charge in [0, 0.05) is 45.3 Å². The Kier molecular flexibility index (Phi) is 4.38. The van der Waals surface area contributed by atoms with E-state index in [4.69, 9.17) is 4.74 Å². The predicted molar refractivity (Wildman–Crippen MR) is 61.2 cm³/mol. The SMILES string of the molecule is CCN1CCN(CC2COCCN2)CC1. The Morgan fingerprint density at radius 3 is 2.53 bits per heavy atom. The Hall–Kier alpha value is -0.160. The molecule has 0 aliphatic carbocycles. The maximum atomic E-state index is 5.47. The van der Waals surface area contributed by atoms with Gasteiger partial charge in [0.25, 0.3) is 0 Å². The lowest BCUT2D eigenvalue weighted by Gasteiger charge is -2.36. The monoisotopic (exact) mass is 213 g/mol. The molecule has 2 aliphatic rings. The second-order valence-electron chi connectivity index (χ2n) is 4.46. The van der Waals surface area contributed by atoms with Crippen molar-refractivity contribution in [2.45, 2.75) is 13.0 Å². The number of rotatable bonds is 3. The van der Waals surface area contributed by atoms with Gasteiger partial charge in [0.15, 0.2) is 0 Å². The molecule has 0 aromatic carbocycles. The van der Waals surface area contributed by atoms with Crippen LogP contribution in [0.25, 0.3) is 0 Å². The molecule has 2 fully saturated rings. The summed E-state index contributed by atoms with van der Waals surface area (Å²) >= 11 is 0. The standard InChI is InChI=1S/C11H23N3O/c1-2-13-4-6-14(7-5-13)9-11-10-15-8-3-12-11/h11-12H,2-10H2,1H3. The minimum absolute atomic E-state index is 0.548. The van der Waals surface area contributed by atoms with Crippen LogP contribution in [0.4, 0.5) is 0 Å². The average Bonchev–Trinajstić information content (AvgIpc) is 2.31. The van der Waals surface area contributed by atoms with Gasteiger partial charge in [0.2, 0.25) is 0 Å². The van der Waals surface area contributed by atoms with Gasteiger partial charge in [-0.15, -0.1) is 0 Å². The molecule has 2 aliphatic heterocycles. The van der Waals surface area contributed by atoms with Crippen molar-refractivity contribution in [2.24, 2.45) is 0 Å². The van der Waals surface area contributed by atoms with Crippen LogP contribution in [0.15, 0.2) is 0 Å². The van der Waals surface area contributed by atoms with E-state index in [1.54, 1.807) is 0 Å². The lowest BCUT2D eigenvalue weighted by Crippen LogP contribution is -2.53. The molecule has 0 saturated carbocycles. The maximum Gasteiger partial charge on any atom is 0.0632 e. The summed E-state index contributed by atoms with van der Waals surface area (Å²) in [5.74, 6) is 0. The van der Waals surface area contributed by atoms with Gasteiger partial charge in [-0.05, 0) is 6.54 Å². The third-order valence-electron chi connectivity index (χ3n) is 3.39. The Balaban J connectivity index is 1.67. The van der Waals surface area contributed by atoms with Crippen molar-refractivity contribution in [3.05, 3.63) is 0 Å². The number of piperazine rings is 1. The number of nitrogens with one attached hydrogen (secondary N) is 1. The molecule has 1 N–H and O–H groups in total. The lowest BCUT2D eigenvalue weighted by atomic mass is 10.2. The van der Waals surface area contributed by atoms with Crippen LogP contribution in [0.1, 0.15) is 6.92 Å². The number of nitrogens with zero attached hydrogens (tertiary/aromatic N) is 2. The lowest BCUT2D eigenvalue weighted by molar-refractivity contribution is 0.0510. The van der Waals surface area contributed by atoms with E-state index < -0.39 is 0 Å². The van der Waals surface area contributed by atoms with Crippen LogP contribution < -0.4 is 5.32 Å². The van der Waals surface area contributed by atoms with E-state index in [0.29, 0.717) is 6.04 Å². The third kappa shape index (κ3) is 3.41. The number of morpholine rings is 1. The topological polar surface area (TPSA) is 27.7 Å². The Morgan fingerprint density at radius 1 is 1.20 bits per heavy atom. The summed E-state index contributed by atoms with van der Waals surface area (Å²) < 4.78 is 5.47. The predicted octanol–water partition coefficient (Wildman–Crippen LogP) is -0.388. The van der Waals surface area contributed by atoms with Crippen molar-refractivity contribution in [1.82, 2.24) is 15.1 Å². The van der Waals surface area contributed by atoms with Crippen molar-refractivity contribution in [2.75, 3.05) is 59.0 Å². The van der Waals surface area contributed by atoms with E-state index in [0.717, 1.165) is 26.3 Å². The first kappa shape index (κ1) is 11.3. The Morgan fingerprint density at radius 2 is 1.93 bits per heavy atom. The number of ether oxygens (including phenoxy) is 1. The molecule has 15 heavy (non-hydrogen) atoms. The maximum absolute atomic E-state index is 5.47. The van der Waals surface area contributed by atoms with Gasteiger partial charge in [-0.3, -0.25) is 4.90 Å². The zero-order chi connectivity index (χ0) is 10.5. The Bertz CT molecular complexity index is 175. The van der Waals surface area contributed by atoms with Crippen molar-refractivity contribution in [1.29, 1.82) is 0 Å². The summed E-state index contributed by atoms with van der Waals surface area (Å²) in [7, 11) is 0. The van der Waals surface area contributed by atoms with Crippen LogP contribution in [0.2, 0.25) is 0 Å². The molecule has 2 rings (SSSR count). The van der Waals surface area contributed by atoms with E-state index in [1.807, 2.05) is 0 Å². The number of hydrogen-bond donors (Lipinski definition) is 1. The number of likely N-dealkylation sites (N-methyl/N-ethyl adjacent to an activating group) is 1. The van der Waals surface area contributed by atoms with E-state index >= 15 is 0 Å². The van der Waals surface area contributed by atoms with Gasteiger partial charge in [-0.25, -0.2) is 0 Å². The fourth-order valence-electron chi connectivity index (χ4n) is 2.34. The fraction of sp³-hybridized carbons (Fsp3) is 1.00. The molecular formula is C11H23N3O. The van der Waals surface area contributed by atoms with Crippen LogP contribution in [0.5, 0.6) is 0 Å². The molecule has 1 atom stereocenters. The first-order valence-electron chi connectivity index (χ1n) is 6.14. The molecule has 4 nitrogen and oxygen atoms in total. The van der Waals surface area contributed by atoms with Crippen LogP contribution in [-0.4, -0.2) is 74.9 Å². The summed E-state index contributed by atoms with van der Waals surface area (Å²) in [4.78, 5) is 5.07. The first-order valence-corrected chi connectivity index (χ1v) is 6.14. The third-order valence-corrected chi connectivity index (χ3v) is 3.39. The quantitative estimate of drug-likeness (QED) is 0.691. The summed E-state index contributed by atoms with van der Waals surface area (Å²) in [5.41, 5.74) is 0. The molecule has 0 amide bonds. The van der Waals surface area contributed by atoms with Gasteiger partial charge >= 0.3 is 0 Å². The highest BCUT2D eigenvalue weighted by Crippen LogP contribution is 2.03. The van der Waals surface area contributed by atoms with E-state index in [9.17, 15) is 0 Å². The van der Waals surface area contributed by atoms with Crippen molar-refractivity contribution in [3.8, 4) is 0 Å². The number of hydrogen-bond acceptors (Lipinski definition) is 4. The van der Waals surface area contributed by atoms with Crippen LogP contribution in [0.3, 0.4) is 0 Å². The zero-order valence-corrected chi connectivity index (χ0v) is 9.74. The zero-order valence-electron chi connectivity index (χ0n) is 9.74. The molecule has 0 aromatic rings. The highest BCUT2D eigenvalue weighted by Gasteiger charge is 2.20. The first-order chi connectivity index (χ1) is 7.38. The molecule has 88 valence electrons. The molecule has 0 bridgehead atoms. The van der Waals surface area contributed by atoms with Crippen LogP contribution in [-0.2, 0) is 4.74 Å². The Labute approximate surface area is 92.6 Å². The van der Waals surface area contributed by atoms with Gasteiger partial charge in [0.05, 0.1) is 13.2 Å². The van der Waals surface area contributed by atoms with Gasteiger partial charge in [-0.1, -0.05) is 6.92 Å². The minimum atomic E-state index is 0.548. The minimum Gasteiger partial charge on any atom is -0.378 e. The smallest absolute Gasteiger partial charge is 0.0632 e. The molecule has 2 heterocycles. The molecule has 1 unspecified atom stereocenters. The van der Waals surface area contributed by atoms with Crippen molar-refractivity contribution >= 4 is 0 Å². The molecule has 4 heteroatoms. The van der Waals surface area contributed by atoms with Gasteiger partial charge in [-0.2, -0.15) is 0 Å². The highest BCUT2D eigenvalue weighted by molar-refractivity contribution is 4.78. The van der Waals surface area contributed by atoms with Crippen molar-refractivity contribution < 1.29 is 4.74 Å². The largest absolute Gasteiger partial charge is 0.378 e. The molecule has 0 aromatic heterocycles. The second-order valence-corrected chi connectivity index (χ2v) is 4.46. The normalized spacial score (nSPS) is 30.6.